The maximum absolute atomic E-state index is 11.4. The highest BCUT2D eigenvalue weighted by Crippen LogP contribution is 2.22. The van der Waals surface area contributed by atoms with Crippen molar-refractivity contribution in [3.05, 3.63) is 28.9 Å². The molecule has 2 aromatic heterocycles. The van der Waals surface area contributed by atoms with Crippen LogP contribution in [0.1, 0.15) is 40.7 Å². The number of aryl methyl sites for hydroxylation is 2. The molecule has 0 spiro atoms. The van der Waals surface area contributed by atoms with Crippen molar-refractivity contribution < 1.29 is 19.2 Å². The number of aromatic nitrogens is 4. The van der Waals surface area contributed by atoms with Crippen molar-refractivity contribution in [2.75, 3.05) is 6.61 Å². The van der Waals surface area contributed by atoms with Crippen LogP contribution >= 0.6 is 0 Å². The molecule has 0 aliphatic rings. The van der Waals surface area contributed by atoms with Crippen LogP contribution in [0.25, 0.3) is 0 Å². The molecule has 2 aromatic rings. The first-order chi connectivity index (χ1) is 9.02. The Morgan fingerprint density at radius 3 is 2.89 bits per heavy atom. The smallest absolute Gasteiger partial charge is 0.360 e. The van der Waals surface area contributed by atoms with Crippen LogP contribution in [0.2, 0.25) is 0 Å². The van der Waals surface area contributed by atoms with Gasteiger partial charge in [0.25, 0.3) is 0 Å². The van der Waals surface area contributed by atoms with E-state index in [4.69, 9.17) is 9.26 Å². The van der Waals surface area contributed by atoms with Crippen LogP contribution in [-0.4, -0.2) is 37.8 Å². The van der Waals surface area contributed by atoms with Crippen LogP contribution in [0.4, 0.5) is 0 Å². The van der Waals surface area contributed by atoms with Crippen molar-refractivity contribution in [2.45, 2.75) is 20.0 Å². The summed E-state index contributed by atoms with van der Waals surface area (Å²) in [5.74, 6) is -0.479. The standard InChI is InChI=1S/C11H14N4O4/c1-4-18-11(17)7-5-8(19-14-7)10(16)9-6(2)12-15(3)13-9/h5,10,16H,4H2,1-3H3. The molecule has 102 valence electrons. The van der Waals surface area contributed by atoms with Gasteiger partial charge in [-0.3, -0.25) is 0 Å². The topological polar surface area (TPSA) is 103 Å². The van der Waals surface area contributed by atoms with Crippen molar-refractivity contribution in [3.63, 3.8) is 0 Å². The number of nitrogens with zero attached hydrogens (tertiary/aromatic N) is 4. The number of aliphatic hydroxyl groups is 1. The van der Waals surface area contributed by atoms with Crippen LogP contribution in [0.5, 0.6) is 0 Å². The Balaban J connectivity index is 2.23. The highest BCUT2D eigenvalue weighted by atomic mass is 16.5. The summed E-state index contributed by atoms with van der Waals surface area (Å²) in [7, 11) is 1.65. The molecule has 0 amide bonds. The summed E-state index contributed by atoms with van der Waals surface area (Å²) in [5, 5.41) is 21.7. The van der Waals surface area contributed by atoms with E-state index in [0.717, 1.165) is 0 Å². The molecule has 2 heterocycles. The summed E-state index contributed by atoms with van der Waals surface area (Å²) in [6.07, 6.45) is -1.12. The van der Waals surface area contributed by atoms with Gasteiger partial charge >= 0.3 is 5.97 Å². The Morgan fingerprint density at radius 1 is 1.58 bits per heavy atom. The quantitative estimate of drug-likeness (QED) is 0.797. The van der Waals surface area contributed by atoms with Gasteiger partial charge in [0, 0.05) is 13.1 Å². The molecule has 1 unspecified atom stereocenters. The molecule has 19 heavy (non-hydrogen) atoms. The fourth-order valence-electron chi connectivity index (χ4n) is 1.63. The van der Waals surface area contributed by atoms with Gasteiger partial charge in [0.2, 0.25) is 0 Å². The van der Waals surface area contributed by atoms with E-state index in [-0.39, 0.29) is 18.1 Å². The lowest BCUT2D eigenvalue weighted by Crippen LogP contribution is -2.05. The van der Waals surface area contributed by atoms with Gasteiger partial charge in [-0.2, -0.15) is 15.0 Å². The first-order valence-corrected chi connectivity index (χ1v) is 5.72. The number of hydrogen-bond acceptors (Lipinski definition) is 7. The van der Waals surface area contributed by atoms with Crippen molar-refractivity contribution in [1.82, 2.24) is 20.2 Å². The van der Waals surface area contributed by atoms with Gasteiger partial charge in [-0.05, 0) is 13.8 Å². The average molecular weight is 266 g/mol. The maximum Gasteiger partial charge on any atom is 0.360 e. The van der Waals surface area contributed by atoms with E-state index < -0.39 is 12.1 Å². The summed E-state index contributed by atoms with van der Waals surface area (Å²) >= 11 is 0. The Morgan fingerprint density at radius 2 is 2.32 bits per heavy atom. The van der Waals surface area contributed by atoms with Crippen LogP contribution in [-0.2, 0) is 11.8 Å². The minimum absolute atomic E-state index is 0.0115. The molecule has 0 bridgehead atoms. The predicted molar refractivity (Wildman–Crippen MR) is 62.3 cm³/mol. The lowest BCUT2D eigenvalue weighted by molar-refractivity contribution is 0.0514. The number of aliphatic hydroxyl groups excluding tert-OH is 1. The summed E-state index contributed by atoms with van der Waals surface area (Å²) in [4.78, 5) is 12.8. The second-order valence-electron chi connectivity index (χ2n) is 3.90. The minimum Gasteiger partial charge on any atom is -0.461 e. The summed E-state index contributed by atoms with van der Waals surface area (Å²) in [5.41, 5.74) is 0.940. The van der Waals surface area contributed by atoms with Gasteiger partial charge in [-0.1, -0.05) is 5.16 Å². The van der Waals surface area contributed by atoms with Crippen molar-refractivity contribution in [3.8, 4) is 0 Å². The largest absolute Gasteiger partial charge is 0.461 e. The minimum atomic E-state index is -1.12. The van der Waals surface area contributed by atoms with Crippen molar-refractivity contribution >= 4 is 5.97 Å². The molecule has 0 aliphatic heterocycles. The Hall–Kier alpha value is -2.22. The lowest BCUT2D eigenvalue weighted by atomic mass is 10.1. The van der Waals surface area contributed by atoms with E-state index in [2.05, 4.69) is 15.4 Å². The zero-order chi connectivity index (χ0) is 14.0. The first-order valence-electron chi connectivity index (χ1n) is 5.72. The van der Waals surface area contributed by atoms with Gasteiger partial charge in [0.05, 0.1) is 12.3 Å². The van der Waals surface area contributed by atoms with E-state index in [1.807, 2.05) is 0 Å². The van der Waals surface area contributed by atoms with Crippen molar-refractivity contribution in [2.24, 2.45) is 7.05 Å². The zero-order valence-corrected chi connectivity index (χ0v) is 10.8. The molecule has 8 nitrogen and oxygen atoms in total. The predicted octanol–water partition coefficient (Wildman–Crippen LogP) is 0.370. The Labute approximate surface area is 109 Å². The lowest BCUT2D eigenvalue weighted by Gasteiger charge is -2.02. The second-order valence-corrected chi connectivity index (χ2v) is 3.90. The molecule has 0 aliphatic carbocycles. The van der Waals surface area contributed by atoms with Gasteiger partial charge in [-0.15, -0.1) is 0 Å². The van der Waals surface area contributed by atoms with Gasteiger partial charge in [-0.25, -0.2) is 4.79 Å². The van der Waals surface area contributed by atoms with E-state index >= 15 is 0 Å². The average Bonchev–Trinajstić information content (AvgIpc) is 2.95. The molecule has 2 rings (SSSR count). The number of esters is 1. The molecule has 1 N–H and O–H groups in total. The maximum atomic E-state index is 11.4. The Kier molecular flexibility index (Phi) is 3.61. The first kappa shape index (κ1) is 13.2. The number of rotatable bonds is 4. The zero-order valence-electron chi connectivity index (χ0n) is 10.8. The van der Waals surface area contributed by atoms with Gasteiger partial charge < -0.3 is 14.4 Å². The third-order valence-corrected chi connectivity index (χ3v) is 2.46. The molecule has 0 aromatic carbocycles. The molecule has 0 radical (unpaired) electrons. The molecule has 1 atom stereocenters. The molecular formula is C11H14N4O4. The fourth-order valence-corrected chi connectivity index (χ4v) is 1.63. The highest BCUT2D eigenvalue weighted by Gasteiger charge is 2.24. The molecule has 0 saturated heterocycles. The monoisotopic (exact) mass is 266 g/mol. The normalized spacial score (nSPS) is 12.4. The van der Waals surface area contributed by atoms with E-state index in [0.29, 0.717) is 11.4 Å². The number of carbonyl (C=O) groups is 1. The molecule has 0 fully saturated rings. The van der Waals surface area contributed by atoms with E-state index in [1.54, 1.807) is 20.9 Å². The number of carbonyl (C=O) groups excluding carboxylic acids is 1. The number of hydrogen-bond donors (Lipinski definition) is 1. The third-order valence-electron chi connectivity index (χ3n) is 2.46. The van der Waals surface area contributed by atoms with Crippen LogP contribution in [0.3, 0.4) is 0 Å². The van der Waals surface area contributed by atoms with Crippen LogP contribution in [0.15, 0.2) is 10.6 Å². The highest BCUT2D eigenvalue weighted by molar-refractivity contribution is 5.87. The molecule has 0 saturated carbocycles. The molecule has 8 heteroatoms. The van der Waals surface area contributed by atoms with Gasteiger partial charge in [0.1, 0.15) is 5.69 Å². The second kappa shape index (κ2) is 5.19. The fraction of sp³-hybridized carbons (Fsp3) is 0.455. The van der Waals surface area contributed by atoms with Crippen LogP contribution in [0, 0.1) is 6.92 Å². The summed E-state index contributed by atoms with van der Waals surface area (Å²) in [6, 6.07) is 1.33. The SMILES string of the molecule is CCOC(=O)c1cc(C(O)c2nn(C)nc2C)on1. The summed E-state index contributed by atoms with van der Waals surface area (Å²) in [6.45, 7) is 3.65. The summed E-state index contributed by atoms with van der Waals surface area (Å²) < 4.78 is 9.71. The van der Waals surface area contributed by atoms with E-state index in [9.17, 15) is 9.90 Å². The van der Waals surface area contributed by atoms with E-state index in [1.165, 1.54) is 10.9 Å². The Bertz CT molecular complexity index is 589. The van der Waals surface area contributed by atoms with Gasteiger partial charge in [0.15, 0.2) is 17.6 Å². The third kappa shape index (κ3) is 2.63. The van der Waals surface area contributed by atoms with Crippen LogP contribution < -0.4 is 0 Å². The molecular weight excluding hydrogens is 252 g/mol. The number of ether oxygens (including phenoxy) is 1. The van der Waals surface area contributed by atoms with Crippen molar-refractivity contribution in [1.29, 1.82) is 0 Å².